The highest BCUT2D eigenvalue weighted by Gasteiger charge is 2.35. The zero-order valence-electron chi connectivity index (χ0n) is 14.8. The van der Waals surface area contributed by atoms with Gasteiger partial charge in [-0.15, -0.1) is 0 Å². The number of methoxy groups -OCH3 is 1. The van der Waals surface area contributed by atoms with Crippen LogP contribution in [0.15, 0.2) is 30.3 Å². The minimum absolute atomic E-state index is 0.0611. The maximum absolute atomic E-state index is 10.7. The van der Waals surface area contributed by atoms with E-state index in [0.29, 0.717) is 6.04 Å². The summed E-state index contributed by atoms with van der Waals surface area (Å²) < 4.78 is 7.63. The second-order valence-corrected chi connectivity index (χ2v) is 7.39. The molecule has 3 aromatic rings. The lowest BCUT2D eigenvalue weighted by Crippen LogP contribution is -2.18. The molecule has 1 aromatic heterocycles. The fourth-order valence-electron chi connectivity index (χ4n) is 4.02. The molecule has 5 rings (SSSR count). The normalized spacial score (nSPS) is 17.4. The van der Waals surface area contributed by atoms with E-state index in [2.05, 4.69) is 10.6 Å². The number of aromatic nitrogens is 2. The van der Waals surface area contributed by atoms with Crippen LogP contribution in [0.2, 0.25) is 0 Å². The second kappa shape index (κ2) is 5.66. The van der Waals surface area contributed by atoms with Crippen molar-refractivity contribution in [1.82, 2.24) is 9.55 Å². The van der Waals surface area contributed by atoms with Gasteiger partial charge >= 0.3 is 0 Å². The molecule has 0 spiro atoms. The predicted molar refractivity (Wildman–Crippen MR) is 99.9 cm³/mol. The van der Waals surface area contributed by atoms with Crippen LogP contribution in [0.4, 0.5) is 0 Å². The molecule has 2 aliphatic carbocycles. The Balaban J connectivity index is 1.82. The first kappa shape index (κ1) is 15.6. The van der Waals surface area contributed by atoms with E-state index in [0.717, 1.165) is 53.7 Å². The van der Waals surface area contributed by atoms with Gasteiger partial charge in [-0.3, -0.25) is 0 Å². The molecule has 0 saturated heterocycles. The number of hydrogen-bond acceptors (Lipinski definition) is 4. The highest BCUT2D eigenvalue weighted by Crippen LogP contribution is 2.54. The first-order valence-electron chi connectivity index (χ1n) is 9.29. The number of para-hydroxylation sites is 2. The lowest BCUT2D eigenvalue weighted by molar-refractivity contribution is 0.322. The number of phenols is 2. The average molecular weight is 350 g/mol. The van der Waals surface area contributed by atoms with E-state index in [1.807, 2.05) is 24.3 Å². The van der Waals surface area contributed by atoms with E-state index in [-0.39, 0.29) is 23.2 Å². The Bertz CT molecular complexity index is 1000. The van der Waals surface area contributed by atoms with Crippen molar-refractivity contribution in [2.45, 2.75) is 44.1 Å². The van der Waals surface area contributed by atoms with Gasteiger partial charge in [0.25, 0.3) is 0 Å². The van der Waals surface area contributed by atoms with Crippen molar-refractivity contribution in [3.8, 4) is 28.6 Å². The number of rotatable bonds is 4. The van der Waals surface area contributed by atoms with Crippen LogP contribution in [0.25, 0.3) is 22.4 Å². The third kappa shape index (κ3) is 2.19. The molecule has 5 nitrogen and oxygen atoms in total. The summed E-state index contributed by atoms with van der Waals surface area (Å²) in [5.41, 5.74) is 3.77. The molecule has 0 aliphatic heterocycles. The van der Waals surface area contributed by atoms with Crippen molar-refractivity contribution < 1.29 is 14.9 Å². The van der Waals surface area contributed by atoms with Gasteiger partial charge in [0.2, 0.25) is 5.75 Å². The van der Waals surface area contributed by atoms with E-state index >= 15 is 0 Å². The molecule has 2 aromatic carbocycles. The Morgan fingerprint density at radius 3 is 2.50 bits per heavy atom. The number of phenolic OH excluding ortho intramolecular Hbond substituents is 2. The van der Waals surface area contributed by atoms with Crippen LogP contribution in [0, 0.1) is 0 Å². The first-order chi connectivity index (χ1) is 12.7. The summed E-state index contributed by atoms with van der Waals surface area (Å²) in [6, 6.07) is 10.5. The van der Waals surface area contributed by atoms with Gasteiger partial charge in [0, 0.05) is 17.2 Å². The minimum atomic E-state index is -0.176. The molecule has 0 bridgehead atoms. The van der Waals surface area contributed by atoms with Gasteiger partial charge in [0.05, 0.1) is 18.1 Å². The van der Waals surface area contributed by atoms with Crippen LogP contribution in [-0.4, -0.2) is 26.9 Å². The maximum Gasteiger partial charge on any atom is 0.200 e. The number of ether oxygens (including phenoxy) is 1. The second-order valence-electron chi connectivity index (χ2n) is 7.39. The largest absolute Gasteiger partial charge is 0.504 e. The van der Waals surface area contributed by atoms with Crippen LogP contribution >= 0.6 is 0 Å². The smallest absolute Gasteiger partial charge is 0.200 e. The first-order valence-corrected chi connectivity index (χ1v) is 9.29. The molecule has 2 saturated carbocycles. The number of fused-ring (bicyclic) bond motifs is 1. The van der Waals surface area contributed by atoms with Crippen LogP contribution in [0.3, 0.4) is 0 Å². The number of nitrogens with zero attached hydrogens (tertiary/aromatic N) is 2. The molecule has 26 heavy (non-hydrogen) atoms. The van der Waals surface area contributed by atoms with Gasteiger partial charge in [0.1, 0.15) is 5.82 Å². The van der Waals surface area contributed by atoms with Crippen molar-refractivity contribution in [3.63, 3.8) is 0 Å². The maximum atomic E-state index is 10.7. The summed E-state index contributed by atoms with van der Waals surface area (Å²) in [4.78, 5) is 4.92. The molecule has 2 fully saturated rings. The van der Waals surface area contributed by atoms with E-state index in [9.17, 15) is 10.2 Å². The van der Waals surface area contributed by atoms with Crippen molar-refractivity contribution in [3.05, 3.63) is 35.9 Å². The predicted octanol–water partition coefficient (Wildman–Crippen LogP) is 4.73. The fraction of sp³-hybridized carbons (Fsp3) is 0.381. The SMILES string of the molecule is COc1cc(-c2nc3ccccc3n2C2CCC2)c(C2CC2)c(O)c1O. The molecular weight excluding hydrogens is 328 g/mol. The Morgan fingerprint density at radius 2 is 1.85 bits per heavy atom. The Hall–Kier alpha value is -2.69. The van der Waals surface area contributed by atoms with Crippen LogP contribution < -0.4 is 4.74 Å². The molecule has 2 aliphatic rings. The van der Waals surface area contributed by atoms with Crippen LogP contribution in [0.1, 0.15) is 49.6 Å². The molecule has 0 radical (unpaired) electrons. The van der Waals surface area contributed by atoms with Gasteiger partial charge in [0.15, 0.2) is 11.5 Å². The number of benzene rings is 2. The highest BCUT2D eigenvalue weighted by atomic mass is 16.5. The number of aromatic hydroxyl groups is 2. The van der Waals surface area contributed by atoms with Gasteiger partial charge in [-0.1, -0.05) is 12.1 Å². The summed E-state index contributed by atoms with van der Waals surface area (Å²) in [5, 5.41) is 21.0. The molecule has 134 valence electrons. The molecular formula is C21H22N2O3. The molecule has 0 unspecified atom stereocenters. The fourth-order valence-corrected chi connectivity index (χ4v) is 4.02. The quantitative estimate of drug-likeness (QED) is 0.668. The standard InChI is InChI=1S/C21H22N2O3/c1-26-17-11-14(18(12-9-10-12)20(25)19(17)24)21-22-15-7-2-3-8-16(15)23(21)13-5-4-6-13/h2-3,7-8,11-13,24-25H,4-6,9-10H2,1H3. The zero-order chi connectivity index (χ0) is 17.8. The third-order valence-electron chi connectivity index (χ3n) is 5.76. The Labute approximate surface area is 151 Å². The van der Waals surface area contributed by atoms with Crippen LogP contribution in [-0.2, 0) is 0 Å². The van der Waals surface area contributed by atoms with Crippen molar-refractivity contribution in [2.75, 3.05) is 7.11 Å². The molecule has 2 N–H and O–H groups in total. The zero-order valence-corrected chi connectivity index (χ0v) is 14.8. The lowest BCUT2D eigenvalue weighted by atomic mass is 9.91. The summed E-state index contributed by atoms with van der Waals surface area (Å²) >= 11 is 0. The summed E-state index contributed by atoms with van der Waals surface area (Å²) in [5.74, 6) is 1.19. The number of imidazole rings is 1. The summed E-state index contributed by atoms with van der Waals surface area (Å²) in [6.45, 7) is 0. The van der Waals surface area contributed by atoms with Crippen molar-refractivity contribution in [2.24, 2.45) is 0 Å². The van der Waals surface area contributed by atoms with Crippen molar-refractivity contribution in [1.29, 1.82) is 0 Å². The van der Waals surface area contributed by atoms with Gasteiger partial charge in [-0.05, 0) is 56.2 Å². The topological polar surface area (TPSA) is 67.5 Å². The summed E-state index contributed by atoms with van der Waals surface area (Å²) in [7, 11) is 1.50. The monoisotopic (exact) mass is 350 g/mol. The minimum Gasteiger partial charge on any atom is -0.504 e. The van der Waals surface area contributed by atoms with Gasteiger partial charge in [-0.2, -0.15) is 0 Å². The molecule has 1 heterocycles. The van der Waals surface area contributed by atoms with E-state index < -0.39 is 0 Å². The highest BCUT2D eigenvalue weighted by molar-refractivity contribution is 5.83. The van der Waals surface area contributed by atoms with Gasteiger partial charge < -0.3 is 19.5 Å². The van der Waals surface area contributed by atoms with Gasteiger partial charge in [-0.25, -0.2) is 4.98 Å². The van der Waals surface area contributed by atoms with E-state index in [4.69, 9.17) is 9.72 Å². The third-order valence-corrected chi connectivity index (χ3v) is 5.76. The Kier molecular flexibility index (Phi) is 3.39. The lowest BCUT2D eigenvalue weighted by Gasteiger charge is -2.29. The Morgan fingerprint density at radius 1 is 1.08 bits per heavy atom. The average Bonchev–Trinajstić information content (AvgIpc) is 3.38. The van der Waals surface area contributed by atoms with E-state index in [1.54, 1.807) is 0 Å². The molecule has 0 atom stereocenters. The van der Waals surface area contributed by atoms with Crippen LogP contribution in [0.5, 0.6) is 17.2 Å². The molecule has 5 heteroatoms. The summed E-state index contributed by atoms with van der Waals surface area (Å²) in [6.07, 6.45) is 5.57. The number of hydrogen-bond donors (Lipinski definition) is 2. The van der Waals surface area contributed by atoms with Crippen molar-refractivity contribution >= 4 is 11.0 Å². The van der Waals surface area contributed by atoms with E-state index in [1.165, 1.54) is 13.5 Å². The molecule has 0 amide bonds.